The number of nitrogens with zero attached hydrogens (tertiary/aromatic N) is 1. The average molecular weight is 395 g/mol. The molecular weight excluding hydrogens is 382 g/mol. The minimum atomic E-state index is -1.32. The normalized spacial score (nSPS) is 18.5. The van der Waals surface area contributed by atoms with Crippen molar-refractivity contribution in [3.8, 4) is 11.5 Å². The Kier molecular flexibility index (Phi) is 5.14. The molecule has 2 N–H and O–H groups in total. The number of carboxylic acids is 2. The fraction of sp³-hybridized carbons (Fsp3) is 0.250. The topological polar surface area (TPSA) is 113 Å². The van der Waals surface area contributed by atoms with Gasteiger partial charge in [-0.3, -0.25) is 14.5 Å². The van der Waals surface area contributed by atoms with Gasteiger partial charge in [-0.15, -0.1) is 0 Å². The molecule has 1 aromatic rings. The van der Waals surface area contributed by atoms with E-state index in [4.69, 9.17) is 26.8 Å². The van der Waals surface area contributed by atoms with E-state index in [2.05, 4.69) is 0 Å². The quantitative estimate of drug-likeness (QED) is 0.551. The summed E-state index contributed by atoms with van der Waals surface area (Å²) >= 11 is 6.11. The van der Waals surface area contributed by atoms with Crippen molar-refractivity contribution in [2.75, 3.05) is 6.79 Å². The van der Waals surface area contributed by atoms with Crippen molar-refractivity contribution >= 4 is 52.2 Å². The number of thioether (sulfide) groups is 1. The van der Waals surface area contributed by atoms with Gasteiger partial charge in [0.2, 0.25) is 6.79 Å². The molecule has 0 spiro atoms. The summed E-state index contributed by atoms with van der Waals surface area (Å²) in [5, 5.41) is 18.1. The van der Waals surface area contributed by atoms with E-state index in [0.717, 1.165) is 16.7 Å². The molecule has 0 aliphatic carbocycles. The Bertz CT molecular complexity index is 836. The SMILES string of the molecule is O=C(O)CC[C@H](C(=O)O)N1C(=O)/C(=C\c2ccc3c(c2)OCO3)SC1=S. The standard InChI is InChI=1S/C16H13NO7S2/c18-13(19)4-2-9(15(21)22)17-14(20)12(26-16(17)25)6-8-1-3-10-11(5-8)24-7-23-10/h1,3,5-6,9H,2,4,7H2,(H,18,19)(H,21,22)/b12-6+/t9-/m1/s1. The molecule has 0 bridgehead atoms. The number of carboxylic acid groups (broad SMARTS) is 2. The number of hydrogen-bond acceptors (Lipinski definition) is 7. The maximum atomic E-state index is 12.6. The second-order valence-corrected chi connectivity index (χ2v) is 7.13. The van der Waals surface area contributed by atoms with Gasteiger partial charge in [-0.25, -0.2) is 4.79 Å². The van der Waals surface area contributed by atoms with Crippen LogP contribution >= 0.6 is 24.0 Å². The lowest BCUT2D eigenvalue weighted by Gasteiger charge is -2.22. The van der Waals surface area contributed by atoms with Gasteiger partial charge in [0.15, 0.2) is 11.5 Å². The van der Waals surface area contributed by atoms with Gasteiger partial charge >= 0.3 is 11.9 Å². The number of carbonyl (C=O) groups is 3. The lowest BCUT2D eigenvalue weighted by atomic mass is 10.1. The molecule has 2 aliphatic rings. The van der Waals surface area contributed by atoms with Crippen LogP contribution in [0.2, 0.25) is 0 Å². The third-order valence-corrected chi connectivity index (χ3v) is 5.08. The Labute approximate surface area is 157 Å². The van der Waals surface area contributed by atoms with Gasteiger partial charge in [-0.1, -0.05) is 30.0 Å². The number of benzene rings is 1. The summed E-state index contributed by atoms with van der Waals surface area (Å²) in [6, 6.07) is 3.83. The van der Waals surface area contributed by atoms with Crippen molar-refractivity contribution in [2.24, 2.45) is 0 Å². The number of rotatable bonds is 6. The molecule has 1 fully saturated rings. The first-order chi connectivity index (χ1) is 12.4. The molecular formula is C16H13NO7S2. The van der Waals surface area contributed by atoms with E-state index in [0.29, 0.717) is 17.1 Å². The van der Waals surface area contributed by atoms with Crippen molar-refractivity contribution in [1.29, 1.82) is 0 Å². The van der Waals surface area contributed by atoms with Crippen molar-refractivity contribution < 1.29 is 34.1 Å². The summed E-state index contributed by atoms with van der Waals surface area (Å²) in [7, 11) is 0. The Morgan fingerprint density at radius 1 is 1.31 bits per heavy atom. The van der Waals surface area contributed by atoms with Crippen LogP contribution in [-0.2, 0) is 14.4 Å². The van der Waals surface area contributed by atoms with Gasteiger partial charge in [-0.05, 0) is 30.2 Å². The van der Waals surface area contributed by atoms with Crippen LogP contribution < -0.4 is 9.47 Å². The number of aliphatic carboxylic acids is 2. The van der Waals surface area contributed by atoms with E-state index in [1.165, 1.54) is 0 Å². The highest BCUT2D eigenvalue weighted by atomic mass is 32.2. The number of amides is 1. The third-order valence-electron chi connectivity index (χ3n) is 3.75. The zero-order valence-corrected chi connectivity index (χ0v) is 14.8. The van der Waals surface area contributed by atoms with Crippen LogP contribution in [0.3, 0.4) is 0 Å². The van der Waals surface area contributed by atoms with E-state index in [1.807, 2.05) is 0 Å². The molecule has 2 aliphatic heterocycles. The summed E-state index contributed by atoms with van der Waals surface area (Å²) in [4.78, 5) is 36.1. The molecule has 0 saturated carbocycles. The van der Waals surface area contributed by atoms with E-state index in [9.17, 15) is 19.5 Å². The van der Waals surface area contributed by atoms with E-state index < -0.39 is 23.9 Å². The zero-order chi connectivity index (χ0) is 18.8. The summed E-state index contributed by atoms with van der Waals surface area (Å²) in [5.41, 5.74) is 0.673. The second kappa shape index (κ2) is 7.34. The van der Waals surface area contributed by atoms with Crippen LogP contribution in [0.25, 0.3) is 6.08 Å². The molecule has 1 atom stereocenters. The van der Waals surface area contributed by atoms with Gasteiger partial charge in [-0.2, -0.15) is 0 Å². The van der Waals surface area contributed by atoms with Crippen LogP contribution in [0.1, 0.15) is 18.4 Å². The highest BCUT2D eigenvalue weighted by Gasteiger charge is 2.40. The monoisotopic (exact) mass is 395 g/mol. The predicted octanol–water partition coefficient (Wildman–Crippen LogP) is 1.93. The Morgan fingerprint density at radius 2 is 2.04 bits per heavy atom. The molecule has 8 nitrogen and oxygen atoms in total. The molecule has 1 amide bonds. The van der Waals surface area contributed by atoms with Crippen molar-refractivity contribution in [2.45, 2.75) is 18.9 Å². The Hall–Kier alpha value is -2.59. The van der Waals surface area contributed by atoms with E-state index in [1.54, 1.807) is 24.3 Å². The largest absolute Gasteiger partial charge is 0.481 e. The minimum absolute atomic E-state index is 0.0831. The van der Waals surface area contributed by atoms with E-state index >= 15 is 0 Å². The molecule has 3 rings (SSSR count). The number of hydrogen-bond donors (Lipinski definition) is 2. The van der Waals surface area contributed by atoms with Gasteiger partial charge in [0, 0.05) is 6.42 Å². The molecule has 0 aromatic heterocycles. The van der Waals surface area contributed by atoms with Crippen LogP contribution in [0.4, 0.5) is 0 Å². The van der Waals surface area contributed by atoms with Gasteiger partial charge in [0.05, 0.1) is 4.91 Å². The molecule has 0 unspecified atom stereocenters. The molecule has 26 heavy (non-hydrogen) atoms. The van der Waals surface area contributed by atoms with E-state index in [-0.39, 0.29) is 28.9 Å². The number of carbonyl (C=O) groups excluding carboxylic acids is 1. The molecule has 2 heterocycles. The maximum Gasteiger partial charge on any atom is 0.326 e. The molecule has 10 heteroatoms. The predicted molar refractivity (Wildman–Crippen MR) is 95.9 cm³/mol. The van der Waals surface area contributed by atoms with Crippen LogP contribution in [0.5, 0.6) is 11.5 Å². The summed E-state index contributed by atoms with van der Waals surface area (Å²) in [6.45, 7) is 0.130. The summed E-state index contributed by atoms with van der Waals surface area (Å²) in [6.07, 6.45) is 0.973. The second-order valence-electron chi connectivity index (χ2n) is 5.45. The van der Waals surface area contributed by atoms with Crippen LogP contribution in [0, 0.1) is 0 Å². The number of thiocarbonyl (C=S) groups is 1. The lowest BCUT2D eigenvalue weighted by molar-refractivity contribution is -0.146. The van der Waals surface area contributed by atoms with Crippen LogP contribution in [-0.4, -0.2) is 50.1 Å². The molecule has 136 valence electrons. The number of ether oxygens (including phenoxy) is 2. The third kappa shape index (κ3) is 3.65. The minimum Gasteiger partial charge on any atom is -0.481 e. The molecule has 0 radical (unpaired) electrons. The molecule has 1 aromatic carbocycles. The fourth-order valence-corrected chi connectivity index (χ4v) is 3.88. The summed E-state index contributed by atoms with van der Waals surface area (Å²) < 4.78 is 10.6. The van der Waals surface area contributed by atoms with Gasteiger partial charge < -0.3 is 19.7 Å². The Morgan fingerprint density at radius 3 is 2.73 bits per heavy atom. The van der Waals surface area contributed by atoms with Crippen molar-refractivity contribution in [1.82, 2.24) is 4.90 Å². The lowest BCUT2D eigenvalue weighted by Crippen LogP contribution is -2.44. The van der Waals surface area contributed by atoms with Gasteiger partial charge in [0.25, 0.3) is 5.91 Å². The first-order valence-electron chi connectivity index (χ1n) is 7.48. The van der Waals surface area contributed by atoms with Crippen molar-refractivity contribution in [3.63, 3.8) is 0 Å². The maximum absolute atomic E-state index is 12.6. The fourth-order valence-electron chi connectivity index (χ4n) is 2.53. The smallest absolute Gasteiger partial charge is 0.326 e. The zero-order valence-electron chi connectivity index (χ0n) is 13.2. The first kappa shape index (κ1) is 18.2. The van der Waals surface area contributed by atoms with Crippen LogP contribution in [0.15, 0.2) is 23.1 Å². The molecule has 1 saturated heterocycles. The Balaban J connectivity index is 1.83. The summed E-state index contributed by atoms with van der Waals surface area (Å²) in [5.74, 6) is -1.84. The number of fused-ring (bicyclic) bond motifs is 1. The first-order valence-corrected chi connectivity index (χ1v) is 8.70. The average Bonchev–Trinajstić information content (AvgIpc) is 3.13. The van der Waals surface area contributed by atoms with Gasteiger partial charge in [0.1, 0.15) is 10.4 Å². The highest BCUT2D eigenvalue weighted by molar-refractivity contribution is 8.26. The highest BCUT2D eigenvalue weighted by Crippen LogP contribution is 2.37. The van der Waals surface area contributed by atoms with Crippen molar-refractivity contribution in [3.05, 3.63) is 28.7 Å².